The van der Waals surface area contributed by atoms with E-state index in [1.807, 2.05) is 0 Å². The molecule has 1 amide bonds. The molecule has 0 aliphatic heterocycles. The Morgan fingerprint density at radius 2 is 1.86 bits per heavy atom. The summed E-state index contributed by atoms with van der Waals surface area (Å²) in [5.41, 5.74) is -2.17. The first-order valence-electron chi connectivity index (χ1n) is 8.92. The van der Waals surface area contributed by atoms with Crippen LogP contribution in [0.1, 0.15) is 59.9 Å². The van der Waals surface area contributed by atoms with E-state index in [2.05, 4.69) is 15.3 Å². The largest absolute Gasteiger partial charge is 0.387 e. The predicted octanol–water partition coefficient (Wildman–Crippen LogP) is 4.84. The molecule has 1 saturated carbocycles. The maximum absolute atomic E-state index is 13.6. The Morgan fingerprint density at radius 3 is 2.48 bits per heavy atom. The van der Waals surface area contributed by atoms with Crippen LogP contribution in [0.15, 0.2) is 30.6 Å². The van der Waals surface area contributed by atoms with Crippen molar-refractivity contribution < 1.29 is 23.1 Å². The van der Waals surface area contributed by atoms with Crippen LogP contribution in [0, 0.1) is 0 Å². The van der Waals surface area contributed by atoms with Gasteiger partial charge in [-0.15, -0.1) is 0 Å². The minimum absolute atomic E-state index is 0.0749. The van der Waals surface area contributed by atoms with Gasteiger partial charge in [-0.3, -0.25) is 9.78 Å². The topological polar surface area (TPSA) is 75.1 Å². The maximum atomic E-state index is 13.6. The zero-order chi connectivity index (χ0) is 21.2. The molecule has 1 atom stereocenters. The Bertz CT molecular complexity index is 893. The summed E-state index contributed by atoms with van der Waals surface area (Å²) >= 11 is 12.0. The maximum Gasteiger partial charge on any atom is 0.272 e. The number of aliphatic hydroxyl groups is 1. The molecule has 1 unspecified atom stereocenters. The highest BCUT2D eigenvalue weighted by atomic mass is 35.5. The van der Waals surface area contributed by atoms with Crippen molar-refractivity contribution in [2.75, 3.05) is 0 Å². The van der Waals surface area contributed by atoms with Crippen LogP contribution in [0.2, 0.25) is 10.0 Å². The van der Waals surface area contributed by atoms with Crippen molar-refractivity contribution in [2.45, 2.75) is 49.9 Å². The molecule has 2 aromatic heterocycles. The van der Waals surface area contributed by atoms with Crippen molar-refractivity contribution in [1.82, 2.24) is 15.3 Å². The van der Waals surface area contributed by atoms with E-state index < -0.39 is 46.4 Å². The normalized spacial score (nSPS) is 23.1. The van der Waals surface area contributed by atoms with Crippen LogP contribution in [-0.4, -0.2) is 32.8 Å². The zero-order valence-corrected chi connectivity index (χ0v) is 16.6. The van der Waals surface area contributed by atoms with E-state index >= 15 is 0 Å². The first-order chi connectivity index (χ1) is 13.7. The van der Waals surface area contributed by atoms with E-state index in [1.165, 1.54) is 18.3 Å². The van der Waals surface area contributed by atoms with E-state index in [9.17, 15) is 23.1 Å². The van der Waals surface area contributed by atoms with Gasteiger partial charge in [0, 0.05) is 23.0 Å². The molecule has 0 aromatic carbocycles. The van der Waals surface area contributed by atoms with Crippen molar-refractivity contribution in [3.05, 3.63) is 57.6 Å². The van der Waals surface area contributed by atoms with Crippen LogP contribution in [0.25, 0.3) is 0 Å². The second-order valence-electron chi connectivity index (χ2n) is 6.95. The molecule has 5 nitrogen and oxygen atoms in total. The minimum atomic E-state index is -2.88. The quantitative estimate of drug-likeness (QED) is 0.687. The number of alkyl halides is 3. The van der Waals surface area contributed by atoms with Crippen molar-refractivity contribution in [3.8, 4) is 0 Å². The number of hydrogen-bond donors (Lipinski definition) is 2. The van der Waals surface area contributed by atoms with Gasteiger partial charge in [0.1, 0.15) is 17.9 Å². The number of nitrogens with zero attached hydrogens (tertiary/aromatic N) is 2. The fourth-order valence-electron chi connectivity index (χ4n) is 3.42. The van der Waals surface area contributed by atoms with Gasteiger partial charge in [0.25, 0.3) is 12.3 Å². The van der Waals surface area contributed by atoms with Gasteiger partial charge in [-0.25, -0.2) is 18.2 Å². The molecule has 0 spiro atoms. The second kappa shape index (κ2) is 8.85. The number of amides is 1. The Labute approximate surface area is 175 Å². The van der Waals surface area contributed by atoms with Gasteiger partial charge in [0.05, 0.1) is 16.3 Å². The Morgan fingerprint density at radius 1 is 1.21 bits per heavy atom. The molecule has 1 fully saturated rings. The molecule has 2 aromatic rings. The fourth-order valence-corrected chi connectivity index (χ4v) is 3.87. The summed E-state index contributed by atoms with van der Waals surface area (Å²) in [5.74, 6) is -0.861. The smallest absolute Gasteiger partial charge is 0.272 e. The van der Waals surface area contributed by atoms with Crippen molar-refractivity contribution in [2.24, 2.45) is 0 Å². The van der Waals surface area contributed by atoms with Crippen molar-refractivity contribution >= 4 is 29.1 Å². The number of aromatic nitrogens is 2. The standard InChI is InChI=1S/C19H18Cl2F3N3O2/c20-10-3-7-25-13(9-10)16(19(29)5-1-11(22)2-6-19)27-18(28)15-14(21)12(17(23)24)4-8-26-15/h3-4,7-9,11,16-17,29H,1-2,5-6H2,(H,27,28). The SMILES string of the molecule is O=C(NC(c1cc(Cl)ccn1)C1(O)CCC(F)CC1)c1nccc(C(F)F)c1Cl. The fraction of sp³-hybridized carbons (Fsp3) is 0.421. The van der Waals surface area contributed by atoms with E-state index in [1.54, 1.807) is 0 Å². The first kappa shape index (κ1) is 21.8. The number of hydrogen-bond acceptors (Lipinski definition) is 4. The van der Waals surface area contributed by atoms with Gasteiger partial charge < -0.3 is 10.4 Å². The number of rotatable bonds is 5. The summed E-state index contributed by atoms with van der Waals surface area (Å²) in [5, 5.41) is 13.6. The zero-order valence-electron chi connectivity index (χ0n) is 15.1. The van der Waals surface area contributed by atoms with E-state index in [0.717, 1.165) is 12.3 Å². The van der Waals surface area contributed by atoms with Gasteiger partial charge in [0.15, 0.2) is 0 Å². The van der Waals surface area contributed by atoms with Gasteiger partial charge in [-0.05, 0) is 43.9 Å². The molecular formula is C19H18Cl2F3N3O2. The third-order valence-corrected chi connectivity index (χ3v) is 5.63. The highest BCUT2D eigenvalue weighted by Gasteiger charge is 2.43. The van der Waals surface area contributed by atoms with E-state index in [0.29, 0.717) is 5.02 Å². The Hall–Kier alpha value is -1.90. The van der Waals surface area contributed by atoms with Crippen molar-refractivity contribution in [3.63, 3.8) is 0 Å². The summed E-state index contributed by atoms with van der Waals surface area (Å²) in [6, 6.07) is 2.96. The van der Waals surface area contributed by atoms with Crippen LogP contribution >= 0.6 is 23.2 Å². The third kappa shape index (κ3) is 4.82. The number of carbonyl (C=O) groups is 1. The lowest BCUT2D eigenvalue weighted by Crippen LogP contribution is -2.49. The van der Waals surface area contributed by atoms with Crippen LogP contribution < -0.4 is 5.32 Å². The molecular weight excluding hydrogens is 430 g/mol. The highest BCUT2D eigenvalue weighted by Crippen LogP contribution is 2.39. The van der Waals surface area contributed by atoms with E-state index in [4.69, 9.17) is 23.2 Å². The van der Waals surface area contributed by atoms with Crippen LogP contribution in [0.4, 0.5) is 13.2 Å². The first-order valence-corrected chi connectivity index (χ1v) is 9.68. The lowest BCUT2D eigenvalue weighted by molar-refractivity contribution is -0.0456. The average molecular weight is 448 g/mol. The van der Waals surface area contributed by atoms with Gasteiger partial charge >= 0.3 is 0 Å². The molecule has 0 radical (unpaired) electrons. The van der Waals surface area contributed by atoms with Gasteiger partial charge in [0.2, 0.25) is 0 Å². The molecule has 3 rings (SSSR count). The summed E-state index contributed by atoms with van der Waals surface area (Å²) in [4.78, 5) is 20.8. The Balaban J connectivity index is 1.95. The van der Waals surface area contributed by atoms with Crippen molar-refractivity contribution in [1.29, 1.82) is 0 Å². The summed E-state index contributed by atoms with van der Waals surface area (Å²) in [6.45, 7) is 0. The minimum Gasteiger partial charge on any atom is -0.387 e. The molecule has 10 heteroatoms. The summed E-state index contributed by atoms with van der Waals surface area (Å²) < 4.78 is 39.8. The third-order valence-electron chi connectivity index (χ3n) is 5.00. The van der Waals surface area contributed by atoms with Gasteiger partial charge in [-0.2, -0.15) is 0 Å². The number of pyridine rings is 2. The molecule has 29 heavy (non-hydrogen) atoms. The summed E-state index contributed by atoms with van der Waals surface area (Å²) in [6.07, 6.45) is -1.09. The van der Waals surface area contributed by atoms with Crippen LogP contribution in [0.5, 0.6) is 0 Å². The molecule has 0 bridgehead atoms. The summed E-state index contributed by atoms with van der Waals surface area (Å²) in [7, 11) is 0. The molecule has 2 N–H and O–H groups in total. The molecule has 1 aliphatic rings. The molecule has 2 heterocycles. The molecule has 1 aliphatic carbocycles. The lowest BCUT2D eigenvalue weighted by atomic mass is 9.77. The second-order valence-corrected chi connectivity index (χ2v) is 7.76. The number of carbonyl (C=O) groups excluding carboxylic acids is 1. The molecule has 156 valence electrons. The average Bonchev–Trinajstić information content (AvgIpc) is 2.68. The predicted molar refractivity (Wildman–Crippen MR) is 102 cm³/mol. The molecule has 0 saturated heterocycles. The van der Waals surface area contributed by atoms with E-state index in [-0.39, 0.29) is 31.4 Å². The number of nitrogens with one attached hydrogen (secondary N) is 1. The monoisotopic (exact) mass is 447 g/mol. The lowest BCUT2D eigenvalue weighted by Gasteiger charge is -2.40. The number of halogens is 5. The van der Waals surface area contributed by atoms with Gasteiger partial charge in [-0.1, -0.05) is 23.2 Å². The van der Waals surface area contributed by atoms with Crippen LogP contribution in [-0.2, 0) is 0 Å². The Kier molecular flexibility index (Phi) is 6.65. The van der Waals surface area contributed by atoms with Crippen LogP contribution in [0.3, 0.4) is 0 Å². The highest BCUT2D eigenvalue weighted by molar-refractivity contribution is 6.34.